The molecule has 30 heavy (non-hydrogen) atoms. The van der Waals surface area contributed by atoms with E-state index in [0.717, 1.165) is 22.6 Å². The Morgan fingerprint density at radius 2 is 1.87 bits per heavy atom. The van der Waals surface area contributed by atoms with Crippen molar-refractivity contribution >= 4 is 11.6 Å². The highest BCUT2D eigenvalue weighted by atomic mass is 16.5. The minimum atomic E-state index is -0.107. The summed E-state index contributed by atoms with van der Waals surface area (Å²) in [5, 5.41) is 17.1. The van der Waals surface area contributed by atoms with Gasteiger partial charge in [0.2, 0.25) is 17.7 Å². The summed E-state index contributed by atoms with van der Waals surface area (Å²) >= 11 is 0. The van der Waals surface area contributed by atoms with E-state index in [2.05, 4.69) is 16.3 Å². The van der Waals surface area contributed by atoms with E-state index in [-0.39, 0.29) is 18.7 Å². The van der Waals surface area contributed by atoms with Gasteiger partial charge in [-0.2, -0.15) is 5.26 Å². The third kappa shape index (κ3) is 5.45. The molecule has 0 fully saturated rings. The summed E-state index contributed by atoms with van der Waals surface area (Å²) in [4.78, 5) is 14.5. The zero-order valence-electron chi connectivity index (χ0n) is 17.2. The quantitative estimate of drug-likeness (QED) is 0.527. The molecule has 0 spiro atoms. The molecule has 0 atom stereocenters. The molecule has 7 heteroatoms. The van der Waals surface area contributed by atoms with Crippen molar-refractivity contribution in [2.24, 2.45) is 0 Å². The van der Waals surface area contributed by atoms with Crippen LogP contribution in [0.4, 0.5) is 5.69 Å². The van der Waals surface area contributed by atoms with Crippen LogP contribution in [0, 0.1) is 18.3 Å². The van der Waals surface area contributed by atoms with Crippen molar-refractivity contribution in [3.05, 3.63) is 60.0 Å². The largest absolute Gasteiger partial charge is 0.494 e. The van der Waals surface area contributed by atoms with Crippen molar-refractivity contribution in [2.75, 3.05) is 18.1 Å². The molecule has 0 aliphatic rings. The third-order valence-corrected chi connectivity index (χ3v) is 4.53. The highest BCUT2D eigenvalue weighted by molar-refractivity contribution is 5.93. The fraction of sp³-hybridized carbons (Fsp3) is 0.304. The number of carbonyl (C=O) groups is 1. The average Bonchev–Trinajstić information content (AvgIpc) is 3.23. The Balaban J connectivity index is 1.65. The zero-order chi connectivity index (χ0) is 21.3. The van der Waals surface area contributed by atoms with Crippen molar-refractivity contribution in [3.8, 4) is 23.3 Å². The van der Waals surface area contributed by atoms with E-state index in [1.54, 1.807) is 4.90 Å². The van der Waals surface area contributed by atoms with Crippen LogP contribution in [0.3, 0.4) is 0 Å². The molecule has 0 aliphatic carbocycles. The van der Waals surface area contributed by atoms with E-state index in [1.807, 2.05) is 62.4 Å². The summed E-state index contributed by atoms with van der Waals surface area (Å²) in [5.74, 6) is 1.48. The number of aromatic nitrogens is 2. The second kappa shape index (κ2) is 10.2. The summed E-state index contributed by atoms with van der Waals surface area (Å²) < 4.78 is 11.2. The standard InChI is InChI=1S/C23H24N4O3/c1-3-29-20-11-9-19(10-12-20)27(16-4-15-24)22(28)14-13-21-25-26-23(30-21)18-7-5-17(2)6-8-18/h5-12H,3-4,13-14,16H2,1-2H3. The van der Waals surface area contributed by atoms with Gasteiger partial charge < -0.3 is 14.1 Å². The van der Waals surface area contributed by atoms with Gasteiger partial charge in [0.1, 0.15) is 5.75 Å². The Morgan fingerprint density at radius 3 is 2.53 bits per heavy atom. The van der Waals surface area contributed by atoms with Crippen LogP contribution in [0.25, 0.3) is 11.5 Å². The maximum absolute atomic E-state index is 12.8. The number of ether oxygens (including phenoxy) is 1. The fourth-order valence-corrected chi connectivity index (χ4v) is 2.96. The smallest absolute Gasteiger partial charge is 0.247 e. The molecule has 0 radical (unpaired) electrons. The number of benzene rings is 2. The highest BCUT2D eigenvalue weighted by Crippen LogP contribution is 2.22. The molecule has 2 aromatic carbocycles. The molecule has 1 heterocycles. The molecule has 7 nitrogen and oxygen atoms in total. The van der Waals surface area contributed by atoms with Gasteiger partial charge in [-0.05, 0) is 50.2 Å². The van der Waals surface area contributed by atoms with Gasteiger partial charge in [0.25, 0.3) is 0 Å². The number of nitrogens with zero attached hydrogens (tertiary/aromatic N) is 4. The van der Waals surface area contributed by atoms with Crippen LogP contribution in [0.2, 0.25) is 0 Å². The summed E-state index contributed by atoms with van der Waals surface area (Å²) in [5.41, 5.74) is 2.72. The molecular weight excluding hydrogens is 380 g/mol. The van der Waals surface area contributed by atoms with Crippen LogP contribution in [0.15, 0.2) is 52.9 Å². The summed E-state index contributed by atoms with van der Waals surface area (Å²) in [7, 11) is 0. The number of nitriles is 1. The SMILES string of the molecule is CCOc1ccc(N(CCC#N)C(=O)CCc2nnc(-c3ccc(C)cc3)o2)cc1. The van der Waals surface area contributed by atoms with E-state index < -0.39 is 0 Å². The Hall–Kier alpha value is -3.66. The molecule has 0 unspecified atom stereocenters. The topological polar surface area (TPSA) is 92.2 Å². The monoisotopic (exact) mass is 404 g/mol. The van der Waals surface area contributed by atoms with E-state index >= 15 is 0 Å². The van der Waals surface area contributed by atoms with Gasteiger partial charge in [0.05, 0.1) is 19.1 Å². The molecule has 0 N–H and O–H groups in total. The van der Waals surface area contributed by atoms with E-state index in [1.165, 1.54) is 0 Å². The Labute approximate surface area is 175 Å². The lowest BCUT2D eigenvalue weighted by molar-refractivity contribution is -0.118. The maximum Gasteiger partial charge on any atom is 0.247 e. The molecule has 0 saturated heterocycles. The molecular formula is C23H24N4O3. The predicted octanol–water partition coefficient (Wildman–Crippen LogP) is 4.32. The second-order valence-corrected chi connectivity index (χ2v) is 6.75. The van der Waals surface area contributed by atoms with Crippen LogP contribution in [0.1, 0.15) is 31.2 Å². The normalized spacial score (nSPS) is 10.4. The van der Waals surface area contributed by atoms with Gasteiger partial charge in [-0.15, -0.1) is 10.2 Å². The lowest BCUT2D eigenvalue weighted by atomic mass is 10.1. The summed E-state index contributed by atoms with van der Waals surface area (Å²) in [6.45, 7) is 4.82. The van der Waals surface area contributed by atoms with Crippen LogP contribution < -0.4 is 9.64 Å². The Morgan fingerprint density at radius 1 is 1.13 bits per heavy atom. The molecule has 1 amide bonds. The number of anilines is 1. The van der Waals surface area contributed by atoms with Gasteiger partial charge in [-0.25, -0.2) is 0 Å². The van der Waals surface area contributed by atoms with Crippen molar-refractivity contribution in [3.63, 3.8) is 0 Å². The van der Waals surface area contributed by atoms with E-state index in [0.29, 0.717) is 31.4 Å². The molecule has 3 aromatic rings. The number of hydrogen-bond acceptors (Lipinski definition) is 6. The van der Waals surface area contributed by atoms with Crippen molar-refractivity contribution in [1.82, 2.24) is 10.2 Å². The first-order chi connectivity index (χ1) is 14.6. The molecule has 0 aliphatic heterocycles. The summed E-state index contributed by atoms with van der Waals surface area (Å²) in [6, 6.07) is 17.2. The first-order valence-electron chi connectivity index (χ1n) is 9.90. The van der Waals surface area contributed by atoms with Crippen LogP contribution in [0.5, 0.6) is 5.75 Å². The number of rotatable bonds is 9. The van der Waals surface area contributed by atoms with Gasteiger partial charge in [-0.1, -0.05) is 17.7 Å². The van der Waals surface area contributed by atoms with E-state index in [9.17, 15) is 4.79 Å². The van der Waals surface area contributed by atoms with Gasteiger partial charge in [-0.3, -0.25) is 4.79 Å². The first-order valence-corrected chi connectivity index (χ1v) is 9.90. The minimum absolute atomic E-state index is 0.107. The van der Waals surface area contributed by atoms with Gasteiger partial charge in [0, 0.05) is 30.6 Å². The van der Waals surface area contributed by atoms with Crippen LogP contribution >= 0.6 is 0 Å². The Kier molecular flexibility index (Phi) is 7.17. The zero-order valence-corrected chi connectivity index (χ0v) is 17.2. The van der Waals surface area contributed by atoms with Gasteiger partial charge in [0.15, 0.2) is 0 Å². The lowest BCUT2D eigenvalue weighted by Crippen LogP contribution is -2.32. The predicted molar refractivity (Wildman–Crippen MR) is 113 cm³/mol. The number of amides is 1. The minimum Gasteiger partial charge on any atom is -0.494 e. The molecule has 0 bridgehead atoms. The number of carbonyl (C=O) groups excluding carboxylic acids is 1. The van der Waals surface area contributed by atoms with Crippen molar-refractivity contribution < 1.29 is 13.9 Å². The molecule has 1 aromatic heterocycles. The van der Waals surface area contributed by atoms with Crippen molar-refractivity contribution in [2.45, 2.75) is 33.1 Å². The summed E-state index contributed by atoms with van der Waals surface area (Å²) in [6.07, 6.45) is 0.781. The average molecular weight is 404 g/mol. The third-order valence-electron chi connectivity index (χ3n) is 4.53. The number of aryl methyl sites for hydroxylation is 2. The molecule has 3 rings (SSSR count). The van der Waals surface area contributed by atoms with Crippen LogP contribution in [-0.2, 0) is 11.2 Å². The maximum atomic E-state index is 12.8. The van der Waals surface area contributed by atoms with Gasteiger partial charge >= 0.3 is 0 Å². The van der Waals surface area contributed by atoms with Crippen molar-refractivity contribution in [1.29, 1.82) is 5.26 Å². The van der Waals surface area contributed by atoms with Crippen LogP contribution in [-0.4, -0.2) is 29.3 Å². The highest BCUT2D eigenvalue weighted by Gasteiger charge is 2.17. The Bertz CT molecular complexity index is 1000. The number of hydrogen-bond donors (Lipinski definition) is 0. The second-order valence-electron chi connectivity index (χ2n) is 6.75. The van der Waals surface area contributed by atoms with E-state index in [4.69, 9.17) is 14.4 Å². The first kappa shape index (κ1) is 21.1. The molecule has 154 valence electrons. The lowest BCUT2D eigenvalue weighted by Gasteiger charge is -2.22. The fourth-order valence-electron chi connectivity index (χ4n) is 2.96. The molecule has 0 saturated carbocycles.